The van der Waals surface area contributed by atoms with Crippen molar-refractivity contribution >= 4 is 35.4 Å². The van der Waals surface area contributed by atoms with Gasteiger partial charge < -0.3 is 14.2 Å². The number of rotatable bonds is 10. The Balaban J connectivity index is 1.60. The summed E-state index contributed by atoms with van der Waals surface area (Å²) in [4.78, 5) is 34.6. The van der Waals surface area contributed by atoms with Crippen LogP contribution in [0.15, 0.2) is 71.8 Å². The third kappa shape index (κ3) is 7.54. The molecule has 0 aromatic heterocycles. The second-order valence-electron chi connectivity index (χ2n) is 6.87. The van der Waals surface area contributed by atoms with Gasteiger partial charge in [0.2, 0.25) is 0 Å². The summed E-state index contributed by atoms with van der Waals surface area (Å²) in [5.41, 5.74) is 2.92. The second kappa shape index (κ2) is 12.1. The number of nitrogens with zero attached hydrogens (tertiary/aromatic N) is 2. The van der Waals surface area contributed by atoms with Crippen LogP contribution in [-0.2, 0) is 4.79 Å². The largest absolute Gasteiger partial charge is 0.490 e. The first-order chi connectivity index (χ1) is 16.9. The van der Waals surface area contributed by atoms with Gasteiger partial charge in [-0.25, -0.2) is 10.2 Å². The normalized spacial score (nSPS) is 10.6. The van der Waals surface area contributed by atoms with E-state index in [1.165, 1.54) is 36.5 Å². The summed E-state index contributed by atoms with van der Waals surface area (Å²) in [6, 6.07) is 16.4. The van der Waals surface area contributed by atoms with Gasteiger partial charge in [-0.1, -0.05) is 17.7 Å². The smallest absolute Gasteiger partial charge is 0.343 e. The molecule has 0 spiro atoms. The van der Waals surface area contributed by atoms with E-state index >= 15 is 0 Å². The molecule has 0 saturated carbocycles. The molecule has 0 fully saturated rings. The van der Waals surface area contributed by atoms with Gasteiger partial charge in [0.1, 0.15) is 5.75 Å². The quantitative estimate of drug-likeness (QED) is 0.144. The SMILES string of the molecule is CCOc1cc(/C=N\NC(=O)COc2cccc(Cl)c2)ccc1OC(=O)c1ccc([N+](=O)[O-])cc1. The average molecular weight is 498 g/mol. The van der Waals surface area contributed by atoms with Crippen LogP contribution in [0.5, 0.6) is 17.2 Å². The molecule has 0 aliphatic heterocycles. The van der Waals surface area contributed by atoms with Crippen molar-refractivity contribution in [1.29, 1.82) is 0 Å². The third-order valence-electron chi connectivity index (χ3n) is 4.35. The number of hydrogen-bond acceptors (Lipinski definition) is 8. The monoisotopic (exact) mass is 497 g/mol. The molecule has 3 rings (SSSR count). The summed E-state index contributed by atoms with van der Waals surface area (Å²) in [5, 5.41) is 15.1. The van der Waals surface area contributed by atoms with Gasteiger partial charge >= 0.3 is 5.97 Å². The number of ether oxygens (including phenoxy) is 3. The van der Waals surface area contributed by atoms with Gasteiger partial charge in [-0.15, -0.1) is 0 Å². The van der Waals surface area contributed by atoms with Gasteiger partial charge in [0.25, 0.3) is 11.6 Å². The topological polar surface area (TPSA) is 129 Å². The van der Waals surface area contributed by atoms with E-state index in [1.807, 2.05) is 0 Å². The molecule has 0 aliphatic carbocycles. The van der Waals surface area contributed by atoms with Crippen molar-refractivity contribution in [1.82, 2.24) is 5.43 Å². The highest BCUT2D eigenvalue weighted by molar-refractivity contribution is 6.30. The zero-order chi connectivity index (χ0) is 25.2. The number of benzene rings is 3. The maximum Gasteiger partial charge on any atom is 0.343 e. The van der Waals surface area contributed by atoms with Gasteiger partial charge in [-0.2, -0.15) is 5.10 Å². The van der Waals surface area contributed by atoms with Gasteiger partial charge in [0.15, 0.2) is 18.1 Å². The number of nitrogens with one attached hydrogen (secondary N) is 1. The zero-order valence-corrected chi connectivity index (χ0v) is 19.2. The molecule has 180 valence electrons. The van der Waals surface area contributed by atoms with Gasteiger partial charge in [-0.05, 0) is 61.0 Å². The van der Waals surface area contributed by atoms with E-state index in [0.29, 0.717) is 22.9 Å². The minimum atomic E-state index is -0.700. The number of esters is 1. The maximum atomic E-state index is 12.4. The number of amides is 1. The summed E-state index contributed by atoms with van der Waals surface area (Å²) in [7, 11) is 0. The lowest BCUT2D eigenvalue weighted by Crippen LogP contribution is -2.24. The molecular weight excluding hydrogens is 478 g/mol. The Kier molecular flexibility index (Phi) is 8.74. The summed E-state index contributed by atoms with van der Waals surface area (Å²) >= 11 is 5.87. The lowest BCUT2D eigenvalue weighted by molar-refractivity contribution is -0.384. The molecule has 0 saturated heterocycles. The summed E-state index contributed by atoms with van der Waals surface area (Å²) < 4.78 is 16.3. The Morgan fingerprint density at radius 1 is 1.06 bits per heavy atom. The van der Waals surface area contributed by atoms with Crippen molar-refractivity contribution in [3.8, 4) is 17.2 Å². The fourth-order valence-electron chi connectivity index (χ4n) is 2.75. The van der Waals surface area contributed by atoms with Crippen molar-refractivity contribution in [3.63, 3.8) is 0 Å². The Morgan fingerprint density at radius 2 is 1.83 bits per heavy atom. The fourth-order valence-corrected chi connectivity index (χ4v) is 2.93. The average Bonchev–Trinajstić information content (AvgIpc) is 2.84. The van der Waals surface area contributed by atoms with E-state index in [-0.39, 0.29) is 29.4 Å². The zero-order valence-electron chi connectivity index (χ0n) is 18.5. The first-order valence-electron chi connectivity index (χ1n) is 10.3. The van der Waals surface area contributed by atoms with Crippen molar-refractivity contribution in [2.24, 2.45) is 5.10 Å². The molecular formula is C24H20ClN3O7. The van der Waals surface area contributed by atoms with Crippen molar-refractivity contribution in [2.45, 2.75) is 6.92 Å². The second-order valence-corrected chi connectivity index (χ2v) is 7.31. The van der Waals surface area contributed by atoms with Gasteiger partial charge in [-0.3, -0.25) is 14.9 Å². The summed E-state index contributed by atoms with van der Waals surface area (Å²) in [6.45, 7) is 1.82. The number of hydrazone groups is 1. The number of nitro groups is 1. The maximum absolute atomic E-state index is 12.4. The molecule has 0 aliphatic rings. The Morgan fingerprint density at radius 3 is 2.51 bits per heavy atom. The van der Waals surface area contributed by atoms with Crippen LogP contribution in [0.2, 0.25) is 5.02 Å². The number of non-ortho nitro benzene ring substituents is 1. The van der Waals surface area contributed by atoms with Gasteiger partial charge in [0.05, 0.1) is 23.3 Å². The van der Waals surface area contributed by atoms with Crippen LogP contribution in [0, 0.1) is 10.1 Å². The molecule has 1 N–H and O–H groups in total. The predicted molar refractivity (Wildman–Crippen MR) is 128 cm³/mol. The molecule has 0 unspecified atom stereocenters. The molecule has 0 atom stereocenters. The standard InChI is InChI=1S/C24H20ClN3O7/c1-2-33-22-12-16(14-26-27-23(29)15-34-20-5-3-4-18(25)13-20)6-11-21(22)35-24(30)17-7-9-19(10-8-17)28(31)32/h3-14H,2,15H2,1H3,(H,27,29)/b26-14-. The van der Waals surface area contributed by atoms with Crippen LogP contribution in [0.1, 0.15) is 22.8 Å². The predicted octanol–water partition coefficient (Wildman–Crippen LogP) is 4.40. The minimum absolute atomic E-state index is 0.136. The Hall–Kier alpha value is -4.44. The van der Waals surface area contributed by atoms with E-state index in [2.05, 4.69) is 10.5 Å². The molecule has 10 nitrogen and oxygen atoms in total. The number of carbonyl (C=O) groups excluding carboxylic acids is 2. The minimum Gasteiger partial charge on any atom is -0.490 e. The lowest BCUT2D eigenvalue weighted by Gasteiger charge is -2.11. The molecule has 0 bridgehead atoms. The molecule has 0 heterocycles. The van der Waals surface area contributed by atoms with Crippen LogP contribution in [0.4, 0.5) is 5.69 Å². The first kappa shape index (κ1) is 25.2. The number of halogens is 1. The van der Waals surface area contributed by atoms with Crippen LogP contribution in [0.3, 0.4) is 0 Å². The molecule has 3 aromatic carbocycles. The highest BCUT2D eigenvalue weighted by atomic mass is 35.5. The third-order valence-corrected chi connectivity index (χ3v) is 4.59. The van der Waals surface area contributed by atoms with E-state index in [9.17, 15) is 19.7 Å². The molecule has 0 radical (unpaired) electrons. The summed E-state index contributed by atoms with van der Waals surface area (Å²) in [6.07, 6.45) is 1.39. The van der Waals surface area contributed by atoms with Crippen molar-refractivity contribution in [2.75, 3.05) is 13.2 Å². The molecule has 35 heavy (non-hydrogen) atoms. The molecule has 1 amide bonds. The summed E-state index contributed by atoms with van der Waals surface area (Å²) in [5.74, 6) is -0.278. The molecule has 11 heteroatoms. The first-order valence-corrected chi connectivity index (χ1v) is 10.7. The van der Waals surface area contributed by atoms with E-state index in [1.54, 1.807) is 43.3 Å². The van der Waals surface area contributed by atoms with Gasteiger partial charge in [0, 0.05) is 17.2 Å². The number of nitro benzene ring substituents is 1. The lowest BCUT2D eigenvalue weighted by atomic mass is 10.2. The number of hydrogen-bond donors (Lipinski definition) is 1. The van der Waals surface area contributed by atoms with Crippen LogP contribution < -0.4 is 19.6 Å². The fraction of sp³-hybridized carbons (Fsp3) is 0.125. The van der Waals surface area contributed by atoms with Crippen LogP contribution >= 0.6 is 11.6 Å². The van der Waals surface area contributed by atoms with Crippen molar-refractivity contribution < 1.29 is 28.7 Å². The highest BCUT2D eigenvalue weighted by Crippen LogP contribution is 2.29. The number of carbonyl (C=O) groups is 2. The Bertz CT molecular complexity index is 1250. The van der Waals surface area contributed by atoms with E-state index < -0.39 is 16.8 Å². The van der Waals surface area contributed by atoms with Crippen LogP contribution in [-0.4, -0.2) is 36.2 Å². The van der Waals surface area contributed by atoms with Crippen LogP contribution in [0.25, 0.3) is 0 Å². The van der Waals surface area contributed by atoms with E-state index in [0.717, 1.165) is 0 Å². The highest BCUT2D eigenvalue weighted by Gasteiger charge is 2.15. The van der Waals surface area contributed by atoms with Crippen molar-refractivity contribution in [3.05, 3.63) is 93.0 Å². The molecule has 3 aromatic rings. The van der Waals surface area contributed by atoms with E-state index in [4.69, 9.17) is 25.8 Å². The Labute approximate surface area is 205 Å².